The van der Waals surface area contributed by atoms with E-state index in [0.717, 1.165) is 11.3 Å². The highest BCUT2D eigenvalue weighted by Gasteiger charge is 2.26. The quantitative estimate of drug-likeness (QED) is 0.704. The number of nitrogens with one attached hydrogen (secondary N) is 2. The number of piperidine rings is 1. The number of nitrogens with zero attached hydrogens (tertiary/aromatic N) is 1. The van der Waals surface area contributed by atoms with Gasteiger partial charge >= 0.3 is 0 Å². The van der Waals surface area contributed by atoms with Crippen LogP contribution >= 0.6 is 23.2 Å². The minimum absolute atomic E-state index is 0.0254. The van der Waals surface area contributed by atoms with E-state index < -0.39 is 0 Å². The molecule has 0 bridgehead atoms. The smallest absolute Gasteiger partial charge is 0.238 e. The Balaban J connectivity index is 1.45. The molecule has 0 spiro atoms. The maximum atomic E-state index is 12.5. The van der Waals surface area contributed by atoms with E-state index in [0.29, 0.717) is 48.2 Å². The molecule has 1 saturated heterocycles. The normalized spacial score (nSPS) is 15.2. The van der Waals surface area contributed by atoms with Crippen molar-refractivity contribution in [3.8, 4) is 0 Å². The zero-order valence-corrected chi connectivity index (χ0v) is 18.1. The molecule has 0 aliphatic carbocycles. The summed E-state index contributed by atoms with van der Waals surface area (Å²) < 4.78 is 0. The van der Waals surface area contributed by atoms with Crippen LogP contribution in [-0.4, -0.2) is 36.3 Å². The standard InChI is InChI=1S/C22H25Cl2N3O2/c1-14-3-4-17(11-15(14)2)25-21(28)13-27-9-7-16(8-10-27)22(29)26-18-5-6-19(23)20(24)12-18/h3-6,11-12,16H,7-10,13H2,1-2H3,(H,25,28)(H,26,29). The summed E-state index contributed by atoms with van der Waals surface area (Å²) in [5.41, 5.74) is 3.80. The number of aryl methyl sites for hydroxylation is 2. The lowest BCUT2D eigenvalue weighted by Crippen LogP contribution is -2.41. The summed E-state index contributed by atoms with van der Waals surface area (Å²) in [6.07, 6.45) is 1.42. The molecule has 0 aromatic heterocycles. The number of carbonyl (C=O) groups is 2. The van der Waals surface area contributed by atoms with Gasteiger partial charge < -0.3 is 10.6 Å². The van der Waals surface area contributed by atoms with Crippen LogP contribution in [0.25, 0.3) is 0 Å². The van der Waals surface area contributed by atoms with Crippen molar-refractivity contribution in [1.29, 1.82) is 0 Å². The van der Waals surface area contributed by atoms with Gasteiger partial charge in [0.1, 0.15) is 0 Å². The van der Waals surface area contributed by atoms with Crippen LogP contribution in [0.1, 0.15) is 24.0 Å². The van der Waals surface area contributed by atoms with Crippen LogP contribution in [0.4, 0.5) is 11.4 Å². The highest BCUT2D eigenvalue weighted by atomic mass is 35.5. The van der Waals surface area contributed by atoms with Crippen molar-refractivity contribution in [3.63, 3.8) is 0 Å². The van der Waals surface area contributed by atoms with E-state index in [1.165, 1.54) is 5.56 Å². The summed E-state index contributed by atoms with van der Waals surface area (Å²) in [5.74, 6) is -0.141. The second kappa shape index (κ2) is 9.61. The first-order chi connectivity index (χ1) is 13.8. The fourth-order valence-corrected chi connectivity index (χ4v) is 3.69. The number of benzene rings is 2. The number of anilines is 2. The number of hydrogen-bond acceptors (Lipinski definition) is 3. The van der Waals surface area contributed by atoms with E-state index in [4.69, 9.17) is 23.2 Å². The summed E-state index contributed by atoms with van der Waals surface area (Å²) in [4.78, 5) is 26.9. The molecule has 2 N–H and O–H groups in total. The molecule has 2 amide bonds. The Labute approximate surface area is 181 Å². The molecule has 2 aromatic rings. The second-order valence-corrected chi connectivity index (χ2v) is 8.33. The van der Waals surface area contributed by atoms with Gasteiger partial charge in [-0.25, -0.2) is 0 Å². The molecule has 7 heteroatoms. The fraction of sp³-hybridized carbons (Fsp3) is 0.364. The summed E-state index contributed by atoms with van der Waals surface area (Å²) in [6, 6.07) is 10.9. The van der Waals surface area contributed by atoms with Gasteiger partial charge in [-0.3, -0.25) is 14.5 Å². The van der Waals surface area contributed by atoms with E-state index in [1.807, 2.05) is 32.0 Å². The maximum absolute atomic E-state index is 12.5. The van der Waals surface area contributed by atoms with Gasteiger partial charge in [-0.2, -0.15) is 0 Å². The minimum atomic E-state index is -0.0801. The Kier molecular flexibility index (Phi) is 7.17. The van der Waals surface area contributed by atoms with Gasteiger partial charge in [0, 0.05) is 17.3 Å². The van der Waals surface area contributed by atoms with Crippen LogP contribution in [0, 0.1) is 19.8 Å². The summed E-state index contributed by atoms with van der Waals surface area (Å²) in [5, 5.41) is 6.72. The molecule has 0 radical (unpaired) electrons. The average Bonchev–Trinajstić information content (AvgIpc) is 2.68. The predicted octanol–water partition coefficient (Wildman–Crippen LogP) is 4.90. The van der Waals surface area contributed by atoms with E-state index in [2.05, 4.69) is 15.5 Å². The molecule has 1 aliphatic heterocycles. The minimum Gasteiger partial charge on any atom is -0.326 e. The summed E-state index contributed by atoms with van der Waals surface area (Å²) >= 11 is 11.9. The van der Waals surface area contributed by atoms with Crippen LogP contribution in [-0.2, 0) is 9.59 Å². The molecule has 29 heavy (non-hydrogen) atoms. The Bertz CT molecular complexity index is 909. The number of likely N-dealkylation sites (tertiary alicyclic amines) is 1. The van der Waals surface area contributed by atoms with Crippen LogP contribution in [0.15, 0.2) is 36.4 Å². The van der Waals surface area contributed by atoms with Crippen molar-refractivity contribution in [2.75, 3.05) is 30.3 Å². The monoisotopic (exact) mass is 433 g/mol. The van der Waals surface area contributed by atoms with E-state index in [1.54, 1.807) is 18.2 Å². The largest absolute Gasteiger partial charge is 0.326 e. The first-order valence-corrected chi connectivity index (χ1v) is 10.4. The van der Waals surface area contributed by atoms with E-state index >= 15 is 0 Å². The second-order valence-electron chi connectivity index (χ2n) is 7.52. The third-order valence-corrected chi connectivity index (χ3v) is 6.04. The van der Waals surface area contributed by atoms with Gasteiger partial charge in [-0.05, 0) is 81.2 Å². The summed E-state index contributed by atoms with van der Waals surface area (Å²) in [7, 11) is 0. The van der Waals surface area contributed by atoms with Gasteiger partial charge in [-0.1, -0.05) is 29.3 Å². The zero-order valence-electron chi connectivity index (χ0n) is 16.6. The third kappa shape index (κ3) is 5.95. The maximum Gasteiger partial charge on any atom is 0.238 e. The highest BCUT2D eigenvalue weighted by molar-refractivity contribution is 6.42. The molecule has 154 valence electrons. The number of rotatable bonds is 5. The SMILES string of the molecule is Cc1ccc(NC(=O)CN2CCC(C(=O)Nc3ccc(Cl)c(Cl)c3)CC2)cc1C. The molecule has 1 heterocycles. The van der Waals surface area contributed by atoms with Crippen molar-refractivity contribution in [3.05, 3.63) is 57.6 Å². The molecule has 1 fully saturated rings. The van der Waals surface area contributed by atoms with E-state index in [-0.39, 0.29) is 17.7 Å². The fourth-order valence-electron chi connectivity index (χ4n) is 3.39. The first kappa shape index (κ1) is 21.6. The number of halogens is 2. The van der Waals surface area contributed by atoms with Crippen LogP contribution in [0.3, 0.4) is 0 Å². The average molecular weight is 434 g/mol. The van der Waals surface area contributed by atoms with Crippen molar-refractivity contribution < 1.29 is 9.59 Å². The Morgan fingerprint density at radius 2 is 1.59 bits per heavy atom. The molecular formula is C22H25Cl2N3O2. The number of amides is 2. The third-order valence-electron chi connectivity index (χ3n) is 5.30. The van der Waals surface area contributed by atoms with Crippen LogP contribution in [0.5, 0.6) is 0 Å². The molecule has 3 rings (SSSR count). The molecular weight excluding hydrogens is 409 g/mol. The van der Waals surface area contributed by atoms with Gasteiger partial charge in [0.25, 0.3) is 0 Å². The first-order valence-electron chi connectivity index (χ1n) is 9.67. The van der Waals surface area contributed by atoms with Gasteiger partial charge in [0.2, 0.25) is 11.8 Å². The van der Waals surface area contributed by atoms with Gasteiger partial charge in [0.15, 0.2) is 0 Å². The molecule has 2 aromatic carbocycles. The van der Waals surface area contributed by atoms with Crippen molar-refractivity contribution in [2.45, 2.75) is 26.7 Å². The van der Waals surface area contributed by atoms with Crippen LogP contribution < -0.4 is 10.6 Å². The van der Waals surface area contributed by atoms with Crippen molar-refractivity contribution in [1.82, 2.24) is 4.90 Å². The lowest BCUT2D eigenvalue weighted by molar-refractivity contribution is -0.121. The molecule has 0 atom stereocenters. The predicted molar refractivity (Wildman–Crippen MR) is 119 cm³/mol. The lowest BCUT2D eigenvalue weighted by atomic mass is 9.96. The lowest BCUT2D eigenvalue weighted by Gasteiger charge is -2.30. The van der Waals surface area contributed by atoms with Gasteiger partial charge in [-0.15, -0.1) is 0 Å². The number of hydrogen-bond donors (Lipinski definition) is 2. The summed E-state index contributed by atoms with van der Waals surface area (Å²) in [6.45, 7) is 5.81. The molecule has 5 nitrogen and oxygen atoms in total. The van der Waals surface area contributed by atoms with Crippen molar-refractivity contribution in [2.24, 2.45) is 5.92 Å². The van der Waals surface area contributed by atoms with E-state index in [9.17, 15) is 9.59 Å². The molecule has 0 unspecified atom stereocenters. The van der Waals surface area contributed by atoms with Gasteiger partial charge in [0.05, 0.1) is 16.6 Å². The Hall–Kier alpha value is -2.08. The molecule has 0 saturated carbocycles. The zero-order chi connectivity index (χ0) is 21.0. The van der Waals surface area contributed by atoms with Crippen molar-refractivity contribution >= 4 is 46.4 Å². The Morgan fingerprint density at radius 1 is 0.931 bits per heavy atom. The number of carbonyl (C=O) groups excluding carboxylic acids is 2. The Morgan fingerprint density at radius 3 is 2.24 bits per heavy atom. The van der Waals surface area contributed by atoms with Crippen LogP contribution in [0.2, 0.25) is 10.0 Å². The highest BCUT2D eigenvalue weighted by Crippen LogP contribution is 2.26. The topological polar surface area (TPSA) is 61.4 Å². The molecule has 1 aliphatic rings.